The lowest BCUT2D eigenvalue weighted by atomic mass is 10.0. The number of para-hydroxylation sites is 1. The molecule has 2 atom stereocenters. The molecule has 0 amide bonds. The summed E-state index contributed by atoms with van der Waals surface area (Å²) in [5.74, 6) is 1.85. The molecule has 1 aliphatic heterocycles. The molecule has 0 fully saturated rings. The summed E-state index contributed by atoms with van der Waals surface area (Å²) in [6.45, 7) is 2.16. The van der Waals surface area contributed by atoms with Gasteiger partial charge in [-0.15, -0.1) is 11.8 Å². The van der Waals surface area contributed by atoms with Gasteiger partial charge in [0.25, 0.3) is 0 Å². The molecule has 0 aromatic heterocycles. The van der Waals surface area contributed by atoms with E-state index in [2.05, 4.69) is 37.3 Å². The van der Waals surface area contributed by atoms with Crippen LogP contribution in [0, 0.1) is 0 Å². The van der Waals surface area contributed by atoms with Gasteiger partial charge in [0.1, 0.15) is 11.9 Å². The summed E-state index contributed by atoms with van der Waals surface area (Å²) in [5, 5.41) is 0. The van der Waals surface area contributed by atoms with Gasteiger partial charge in [0.15, 0.2) is 0 Å². The molecule has 2 aromatic rings. The van der Waals surface area contributed by atoms with Crippen molar-refractivity contribution in [2.75, 3.05) is 5.75 Å². The van der Waals surface area contributed by atoms with Crippen molar-refractivity contribution in [3.05, 3.63) is 59.7 Å². The normalized spacial score (nSPS) is 19.0. The Balaban J connectivity index is 1.76. The highest BCUT2D eigenvalue weighted by Gasteiger charge is 2.26. The van der Waals surface area contributed by atoms with Crippen molar-refractivity contribution in [3.8, 4) is 5.75 Å². The maximum atomic E-state index is 6.38. The van der Waals surface area contributed by atoms with Gasteiger partial charge in [-0.3, -0.25) is 0 Å². The van der Waals surface area contributed by atoms with Crippen LogP contribution < -0.4 is 10.5 Å². The second-order valence-electron chi connectivity index (χ2n) is 5.03. The van der Waals surface area contributed by atoms with Gasteiger partial charge in [-0.05, 0) is 29.7 Å². The maximum absolute atomic E-state index is 6.38. The average molecular weight is 285 g/mol. The molecule has 0 saturated carbocycles. The summed E-state index contributed by atoms with van der Waals surface area (Å²) >= 11 is 1.82. The first-order valence-corrected chi connectivity index (χ1v) is 7.99. The summed E-state index contributed by atoms with van der Waals surface area (Å²) in [7, 11) is 0. The van der Waals surface area contributed by atoms with Crippen molar-refractivity contribution in [2.24, 2.45) is 5.73 Å². The van der Waals surface area contributed by atoms with Crippen molar-refractivity contribution in [3.63, 3.8) is 0 Å². The van der Waals surface area contributed by atoms with Crippen LogP contribution in [0.4, 0.5) is 0 Å². The fourth-order valence-corrected chi connectivity index (χ4v) is 3.46. The minimum absolute atomic E-state index is 0.0300. The third-order valence-electron chi connectivity index (χ3n) is 3.70. The lowest BCUT2D eigenvalue weighted by Crippen LogP contribution is -2.35. The van der Waals surface area contributed by atoms with Gasteiger partial charge >= 0.3 is 0 Å². The highest BCUT2D eigenvalue weighted by molar-refractivity contribution is 7.99. The molecule has 1 aliphatic rings. The number of aryl methyl sites for hydroxylation is 1. The van der Waals surface area contributed by atoms with Gasteiger partial charge in [-0.2, -0.15) is 0 Å². The molecule has 2 unspecified atom stereocenters. The molecule has 2 aromatic carbocycles. The zero-order valence-corrected chi connectivity index (χ0v) is 12.4. The van der Waals surface area contributed by atoms with Crippen LogP contribution in [0.5, 0.6) is 5.75 Å². The quantitative estimate of drug-likeness (QED) is 0.931. The number of thioether (sulfide) groups is 1. The molecule has 0 radical (unpaired) electrons. The van der Waals surface area contributed by atoms with Gasteiger partial charge in [0.05, 0.1) is 6.04 Å². The molecule has 2 N–H and O–H groups in total. The minimum atomic E-state index is -0.0817. The van der Waals surface area contributed by atoms with Crippen LogP contribution >= 0.6 is 11.8 Å². The Morgan fingerprint density at radius 2 is 1.95 bits per heavy atom. The molecule has 3 heteroatoms. The Bertz CT molecular complexity index is 582. The Morgan fingerprint density at radius 3 is 2.70 bits per heavy atom. The molecule has 0 aliphatic carbocycles. The Hall–Kier alpha value is -1.45. The highest BCUT2D eigenvalue weighted by atomic mass is 32.2. The molecule has 20 heavy (non-hydrogen) atoms. The van der Waals surface area contributed by atoms with Crippen LogP contribution in [0.1, 0.15) is 24.1 Å². The minimum Gasteiger partial charge on any atom is -0.486 e. The van der Waals surface area contributed by atoms with Gasteiger partial charge < -0.3 is 10.5 Å². The number of hydrogen-bond acceptors (Lipinski definition) is 3. The second kappa shape index (κ2) is 5.90. The molecule has 0 spiro atoms. The predicted octanol–water partition coefficient (Wildman–Crippen LogP) is 3.80. The fraction of sp³-hybridized carbons (Fsp3) is 0.294. The molecule has 0 saturated heterocycles. The van der Waals surface area contributed by atoms with E-state index >= 15 is 0 Å². The predicted molar refractivity (Wildman–Crippen MR) is 84.3 cm³/mol. The van der Waals surface area contributed by atoms with Crippen molar-refractivity contribution >= 4 is 11.8 Å². The van der Waals surface area contributed by atoms with Crippen LogP contribution in [0.2, 0.25) is 0 Å². The Kier molecular flexibility index (Phi) is 3.99. The van der Waals surface area contributed by atoms with Crippen molar-refractivity contribution in [2.45, 2.75) is 30.4 Å². The first-order valence-electron chi connectivity index (χ1n) is 7.01. The van der Waals surface area contributed by atoms with E-state index in [4.69, 9.17) is 10.5 Å². The molecular weight excluding hydrogens is 266 g/mol. The third-order valence-corrected chi connectivity index (χ3v) is 4.85. The van der Waals surface area contributed by atoms with Crippen molar-refractivity contribution in [1.82, 2.24) is 0 Å². The summed E-state index contributed by atoms with van der Waals surface area (Å²) in [6, 6.07) is 16.6. The third kappa shape index (κ3) is 2.69. The summed E-state index contributed by atoms with van der Waals surface area (Å²) in [5.41, 5.74) is 8.86. The van der Waals surface area contributed by atoms with E-state index in [1.54, 1.807) is 0 Å². The average Bonchev–Trinajstić information content (AvgIpc) is 2.54. The molecular formula is C17H19NOS. The molecule has 2 nitrogen and oxygen atoms in total. The Morgan fingerprint density at radius 1 is 1.20 bits per heavy atom. The lowest BCUT2D eigenvalue weighted by molar-refractivity contribution is 0.185. The zero-order valence-electron chi connectivity index (χ0n) is 11.6. The number of rotatable bonds is 3. The SMILES string of the molecule is CCc1ccc(C(N)C2CSc3ccccc3O2)cc1. The number of fused-ring (bicyclic) bond motifs is 1. The lowest BCUT2D eigenvalue weighted by Gasteiger charge is -2.30. The number of ether oxygens (including phenoxy) is 1. The van der Waals surface area contributed by atoms with E-state index in [9.17, 15) is 0 Å². The van der Waals surface area contributed by atoms with Crippen molar-refractivity contribution in [1.29, 1.82) is 0 Å². The molecule has 0 bridgehead atoms. The smallest absolute Gasteiger partial charge is 0.133 e. The second-order valence-corrected chi connectivity index (χ2v) is 6.10. The van der Waals surface area contributed by atoms with Gasteiger partial charge in [0, 0.05) is 10.6 Å². The van der Waals surface area contributed by atoms with E-state index in [1.807, 2.05) is 30.0 Å². The Labute approximate surface area is 124 Å². The highest BCUT2D eigenvalue weighted by Crippen LogP contribution is 2.37. The largest absolute Gasteiger partial charge is 0.486 e. The van der Waals surface area contributed by atoms with Crippen LogP contribution in [0.15, 0.2) is 53.4 Å². The zero-order chi connectivity index (χ0) is 13.9. The van der Waals surface area contributed by atoms with Gasteiger partial charge in [-0.25, -0.2) is 0 Å². The van der Waals surface area contributed by atoms with Crippen molar-refractivity contribution < 1.29 is 4.74 Å². The summed E-state index contributed by atoms with van der Waals surface area (Å²) in [6.07, 6.45) is 1.08. The summed E-state index contributed by atoms with van der Waals surface area (Å²) < 4.78 is 6.06. The van der Waals surface area contributed by atoms with Gasteiger partial charge in [0.2, 0.25) is 0 Å². The first kappa shape index (κ1) is 13.5. The number of nitrogens with two attached hydrogens (primary N) is 1. The van der Waals surface area contributed by atoms with E-state index < -0.39 is 0 Å². The molecule has 104 valence electrons. The fourth-order valence-electron chi connectivity index (χ4n) is 2.40. The first-order chi connectivity index (χ1) is 9.78. The van der Waals surface area contributed by atoms with Crippen LogP contribution in [0.25, 0.3) is 0 Å². The topological polar surface area (TPSA) is 35.2 Å². The monoisotopic (exact) mass is 285 g/mol. The van der Waals surface area contributed by atoms with Gasteiger partial charge in [-0.1, -0.05) is 43.3 Å². The molecule has 1 heterocycles. The van der Waals surface area contributed by atoms with E-state index in [0.29, 0.717) is 0 Å². The van der Waals surface area contributed by atoms with Crippen LogP contribution in [0.3, 0.4) is 0 Å². The summed E-state index contributed by atoms with van der Waals surface area (Å²) in [4.78, 5) is 1.21. The van der Waals surface area contributed by atoms with E-state index in [1.165, 1.54) is 10.5 Å². The standard InChI is InChI=1S/C17H19NOS/c1-2-12-7-9-13(10-8-12)17(18)15-11-20-16-6-4-3-5-14(16)19-15/h3-10,15,17H,2,11,18H2,1H3. The maximum Gasteiger partial charge on any atom is 0.133 e. The number of hydrogen-bond donors (Lipinski definition) is 1. The van der Waals surface area contributed by atoms with E-state index in [0.717, 1.165) is 23.5 Å². The van der Waals surface area contributed by atoms with E-state index in [-0.39, 0.29) is 12.1 Å². The number of benzene rings is 2. The van der Waals surface area contributed by atoms with Crippen LogP contribution in [-0.2, 0) is 6.42 Å². The van der Waals surface area contributed by atoms with Crippen LogP contribution in [-0.4, -0.2) is 11.9 Å². The molecule has 3 rings (SSSR count).